The van der Waals surface area contributed by atoms with Gasteiger partial charge in [-0.15, -0.1) is 0 Å². The molecule has 0 aromatic carbocycles. The molecule has 2 unspecified atom stereocenters. The summed E-state index contributed by atoms with van der Waals surface area (Å²) < 4.78 is 11.3. The van der Waals surface area contributed by atoms with E-state index in [4.69, 9.17) is 15.2 Å². The van der Waals surface area contributed by atoms with Gasteiger partial charge in [-0.25, -0.2) is 5.73 Å². The maximum atomic E-state index is 8.11. The van der Waals surface area contributed by atoms with E-state index in [2.05, 4.69) is 0 Å². The molecule has 3 nitrogen and oxygen atoms in total. The first-order valence-electron chi connectivity index (χ1n) is 5.82. The fraction of sp³-hybridized carbons (Fsp3) is 1.00. The molecule has 0 amide bonds. The summed E-state index contributed by atoms with van der Waals surface area (Å²) in [5.74, 6) is 0. The standard InChI is InChI=1S/C11H20NO2/c12-11(9-5-1-3-7-13-9)10-6-2-4-8-14-10/h9-12H,1-8H2. The van der Waals surface area contributed by atoms with Crippen molar-refractivity contribution in [2.24, 2.45) is 0 Å². The third-order valence-electron chi connectivity index (χ3n) is 3.23. The molecule has 2 heterocycles. The van der Waals surface area contributed by atoms with Crippen LogP contribution in [0.4, 0.5) is 0 Å². The van der Waals surface area contributed by atoms with Gasteiger partial charge in [0.15, 0.2) is 0 Å². The van der Waals surface area contributed by atoms with Gasteiger partial charge < -0.3 is 9.47 Å². The van der Waals surface area contributed by atoms with Crippen molar-refractivity contribution in [3.63, 3.8) is 0 Å². The van der Waals surface area contributed by atoms with Crippen LogP contribution in [0.5, 0.6) is 0 Å². The first kappa shape index (κ1) is 10.4. The van der Waals surface area contributed by atoms with Crippen molar-refractivity contribution in [3.05, 3.63) is 0 Å². The number of hydrogen-bond donors (Lipinski definition) is 0. The molecule has 2 atom stereocenters. The smallest absolute Gasteiger partial charge is 0.0766 e. The molecule has 2 rings (SSSR count). The van der Waals surface area contributed by atoms with E-state index < -0.39 is 0 Å². The molecule has 0 aliphatic carbocycles. The lowest BCUT2D eigenvalue weighted by molar-refractivity contribution is -0.0683. The Labute approximate surface area is 85.9 Å². The van der Waals surface area contributed by atoms with Crippen LogP contribution in [0.3, 0.4) is 0 Å². The molecule has 0 aromatic heterocycles. The summed E-state index contributed by atoms with van der Waals surface area (Å²) in [6.45, 7) is 1.68. The lowest BCUT2D eigenvalue weighted by atomic mass is 9.94. The van der Waals surface area contributed by atoms with E-state index in [-0.39, 0.29) is 18.2 Å². The van der Waals surface area contributed by atoms with Gasteiger partial charge >= 0.3 is 0 Å². The van der Waals surface area contributed by atoms with E-state index in [1.165, 1.54) is 12.8 Å². The molecule has 0 saturated carbocycles. The van der Waals surface area contributed by atoms with Crippen LogP contribution in [-0.4, -0.2) is 31.5 Å². The zero-order valence-corrected chi connectivity index (χ0v) is 8.71. The summed E-state index contributed by atoms with van der Waals surface area (Å²) in [7, 11) is 0. The number of nitrogens with one attached hydrogen (secondary N) is 1. The zero-order valence-electron chi connectivity index (χ0n) is 8.71. The van der Waals surface area contributed by atoms with Crippen LogP contribution in [0.25, 0.3) is 0 Å². The molecule has 0 bridgehead atoms. The summed E-state index contributed by atoms with van der Waals surface area (Å²) in [4.78, 5) is 0. The van der Waals surface area contributed by atoms with Gasteiger partial charge in [0.05, 0.1) is 18.2 Å². The molecule has 0 spiro atoms. The third-order valence-corrected chi connectivity index (χ3v) is 3.23. The number of ether oxygens (including phenoxy) is 2. The Morgan fingerprint density at radius 3 is 1.71 bits per heavy atom. The molecule has 81 valence electrons. The average Bonchev–Trinajstić information content (AvgIpc) is 2.30. The van der Waals surface area contributed by atoms with Gasteiger partial charge in [-0.05, 0) is 38.5 Å². The van der Waals surface area contributed by atoms with Crippen LogP contribution in [0, 0.1) is 0 Å². The second-order valence-corrected chi connectivity index (χ2v) is 4.34. The molecule has 2 saturated heterocycles. The maximum absolute atomic E-state index is 8.11. The Kier molecular flexibility index (Phi) is 3.79. The van der Waals surface area contributed by atoms with Gasteiger partial charge in [0, 0.05) is 13.2 Å². The SMILES string of the molecule is [NH]C(C1CCCCO1)C1CCCCO1. The minimum atomic E-state index is -0.157. The molecule has 2 aliphatic rings. The van der Waals surface area contributed by atoms with Gasteiger partial charge in [0.2, 0.25) is 0 Å². The molecule has 14 heavy (non-hydrogen) atoms. The molecule has 1 N–H and O–H groups in total. The van der Waals surface area contributed by atoms with Crippen molar-refractivity contribution in [2.45, 2.75) is 56.8 Å². The Bertz CT molecular complexity index is 145. The van der Waals surface area contributed by atoms with Crippen LogP contribution in [0.15, 0.2) is 0 Å². The summed E-state index contributed by atoms with van der Waals surface area (Å²) in [5, 5.41) is 0. The predicted octanol–water partition coefficient (Wildman–Crippen LogP) is 1.78. The minimum Gasteiger partial charge on any atom is -0.376 e. The van der Waals surface area contributed by atoms with Crippen molar-refractivity contribution in [1.82, 2.24) is 5.73 Å². The molecular weight excluding hydrogens is 178 g/mol. The monoisotopic (exact) mass is 198 g/mol. The Balaban J connectivity index is 1.82. The van der Waals surface area contributed by atoms with Gasteiger partial charge in [-0.1, -0.05) is 0 Å². The maximum Gasteiger partial charge on any atom is 0.0766 e. The number of hydrogen-bond acceptors (Lipinski definition) is 2. The first-order chi connectivity index (χ1) is 6.88. The highest BCUT2D eigenvalue weighted by molar-refractivity contribution is 4.84. The van der Waals surface area contributed by atoms with Crippen LogP contribution in [0.2, 0.25) is 0 Å². The Morgan fingerprint density at radius 2 is 1.36 bits per heavy atom. The van der Waals surface area contributed by atoms with E-state index in [1.54, 1.807) is 0 Å². The predicted molar refractivity (Wildman–Crippen MR) is 54.1 cm³/mol. The second-order valence-electron chi connectivity index (χ2n) is 4.34. The quantitative estimate of drug-likeness (QED) is 0.678. The van der Waals surface area contributed by atoms with Crippen LogP contribution in [-0.2, 0) is 9.47 Å². The fourth-order valence-electron chi connectivity index (χ4n) is 2.34. The van der Waals surface area contributed by atoms with Crippen molar-refractivity contribution >= 4 is 0 Å². The normalized spacial score (nSPS) is 36.6. The van der Waals surface area contributed by atoms with Crippen LogP contribution in [0.1, 0.15) is 38.5 Å². The Hall–Kier alpha value is -0.120. The van der Waals surface area contributed by atoms with Crippen molar-refractivity contribution in [2.75, 3.05) is 13.2 Å². The van der Waals surface area contributed by atoms with Gasteiger partial charge in [-0.2, -0.15) is 0 Å². The third kappa shape index (κ3) is 2.47. The fourth-order valence-corrected chi connectivity index (χ4v) is 2.34. The lowest BCUT2D eigenvalue weighted by Gasteiger charge is -2.34. The molecule has 1 radical (unpaired) electrons. The zero-order chi connectivity index (χ0) is 9.80. The molecular formula is C11H20NO2. The summed E-state index contributed by atoms with van der Waals surface area (Å²) in [6.07, 6.45) is 7.11. The van der Waals surface area contributed by atoms with E-state index >= 15 is 0 Å². The van der Waals surface area contributed by atoms with Crippen molar-refractivity contribution in [1.29, 1.82) is 0 Å². The van der Waals surface area contributed by atoms with E-state index in [9.17, 15) is 0 Å². The second kappa shape index (κ2) is 5.10. The average molecular weight is 198 g/mol. The largest absolute Gasteiger partial charge is 0.376 e. The topological polar surface area (TPSA) is 42.3 Å². The summed E-state index contributed by atoms with van der Waals surface area (Å²) in [5.41, 5.74) is 8.11. The van der Waals surface area contributed by atoms with Crippen LogP contribution < -0.4 is 5.73 Å². The number of rotatable bonds is 2. The van der Waals surface area contributed by atoms with Crippen LogP contribution >= 0.6 is 0 Å². The Morgan fingerprint density at radius 1 is 0.857 bits per heavy atom. The van der Waals surface area contributed by atoms with Gasteiger partial charge in [0.1, 0.15) is 0 Å². The molecule has 2 aliphatic heterocycles. The van der Waals surface area contributed by atoms with E-state index in [1.807, 2.05) is 0 Å². The van der Waals surface area contributed by atoms with Crippen molar-refractivity contribution in [3.8, 4) is 0 Å². The highest BCUT2D eigenvalue weighted by atomic mass is 16.5. The summed E-state index contributed by atoms with van der Waals surface area (Å²) >= 11 is 0. The van der Waals surface area contributed by atoms with E-state index in [0.717, 1.165) is 38.9 Å². The van der Waals surface area contributed by atoms with Crippen molar-refractivity contribution < 1.29 is 9.47 Å². The lowest BCUT2D eigenvalue weighted by Crippen LogP contribution is -2.44. The highest BCUT2D eigenvalue weighted by Gasteiger charge is 2.30. The van der Waals surface area contributed by atoms with Gasteiger partial charge in [-0.3, -0.25) is 0 Å². The van der Waals surface area contributed by atoms with E-state index in [0.29, 0.717) is 0 Å². The molecule has 2 fully saturated rings. The molecule has 3 heteroatoms. The summed E-state index contributed by atoms with van der Waals surface area (Å²) in [6, 6.07) is -0.157. The highest BCUT2D eigenvalue weighted by Crippen LogP contribution is 2.23. The first-order valence-corrected chi connectivity index (χ1v) is 5.82. The molecule has 0 aromatic rings. The minimum absolute atomic E-state index is 0.131. The van der Waals surface area contributed by atoms with Gasteiger partial charge in [0.25, 0.3) is 0 Å².